The average molecular weight is 391 g/mol. The van der Waals surface area contributed by atoms with E-state index in [0.29, 0.717) is 29.1 Å². The Balaban J connectivity index is 1.90. The lowest BCUT2D eigenvalue weighted by atomic mass is 10.1. The predicted molar refractivity (Wildman–Crippen MR) is 102 cm³/mol. The van der Waals surface area contributed by atoms with Crippen LogP contribution in [-0.2, 0) is 4.74 Å². The van der Waals surface area contributed by atoms with Gasteiger partial charge in [-0.15, -0.1) is 0 Å². The fourth-order valence-corrected chi connectivity index (χ4v) is 3.21. The van der Waals surface area contributed by atoms with Gasteiger partial charge in [-0.05, 0) is 56.9 Å². The van der Waals surface area contributed by atoms with Gasteiger partial charge in [-0.2, -0.15) is 4.98 Å². The number of halogens is 1. The van der Waals surface area contributed by atoms with E-state index >= 15 is 0 Å². The smallest absolute Gasteiger partial charge is 0.475 e. The number of aromatic nitrogens is 2. The molecule has 0 amide bonds. The summed E-state index contributed by atoms with van der Waals surface area (Å²) in [4.78, 5) is 20.8. The predicted octanol–water partition coefficient (Wildman–Crippen LogP) is 5.21. The Kier molecular flexibility index (Phi) is 6.50. The van der Waals surface area contributed by atoms with Gasteiger partial charge in [0.15, 0.2) is 5.82 Å². The number of aryl methyl sites for hydroxylation is 1. The first kappa shape index (κ1) is 19.4. The van der Waals surface area contributed by atoms with Crippen molar-refractivity contribution in [3.05, 3.63) is 35.0 Å². The number of rotatable bonds is 6. The van der Waals surface area contributed by atoms with Gasteiger partial charge in [0.1, 0.15) is 0 Å². The van der Waals surface area contributed by atoms with Crippen LogP contribution in [0.5, 0.6) is 11.6 Å². The molecule has 0 atom stereocenters. The number of ether oxygens (including phenoxy) is 3. The molecule has 1 heterocycles. The van der Waals surface area contributed by atoms with Crippen LogP contribution in [0.15, 0.2) is 24.3 Å². The van der Waals surface area contributed by atoms with Crippen molar-refractivity contribution in [2.75, 3.05) is 13.2 Å². The summed E-state index contributed by atoms with van der Waals surface area (Å²) in [5, 5.41) is 0.635. The van der Waals surface area contributed by atoms with E-state index in [1.54, 1.807) is 26.0 Å². The van der Waals surface area contributed by atoms with Crippen LogP contribution in [0.25, 0.3) is 11.4 Å². The molecule has 1 aromatic heterocycles. The van der Waals surface area contributed by atoms with E-state index in [9.17, 15) is 4.79 Å². The minimum Gasteiger partial charge on any atom is -0.475 e. The van der Waals surface area contributed by atoms with Crippen molar-refractivity contribution < 1.29 is 19.0 Å². The van der Waals surface area contributed by atoms with Gasteiger partial charge in [-0.1, -0.05) is 24.4 Å². The summed E-state index contributed by atoms with van der Waals surface area (Å²) >= 11 is 5.96. The lowest BCUT2D eigenvalue weighted by Gasteiger charge is -2.16. The highest BCUT2D eigenvalue weighted by Crippen LogP contribution is 2.33. The zero-order valence-corrected chi connectivity index (χ0v) is 16.3. The SMILES string of the molecule is CCOC(=O)Oc1c(C)nc(-c2ccc(Cl)cc2)nc1OCC1CCCC1. The lowest BCUT2D eigenvalue weighted by Crippen LogP contribution is -2.15. The number of hydrogen-bond donors (Lipinski definition) is 0. The molecule has 0 saturated heterocycles. The molecule has 0 aliphatic heterocycles. The third-order valence-electron chi connectivity index (χ3n) is 4.48. The Morgan fingerprint density at radius 1 is 1.19 bits per heavy atom. The van der Waals surface area contributed by atoms with Crippen LogP contribution in [0.2, 0.25) is 5.02 Å². The molecule has 7 heteroatoms. The Morgan fingerprint density at radius 3 is 2.56 bits per heavy atom. The van der Waals surface area contributed by atoms with E-state index in [-0.39, 0.29) is 18.2 Å². The van der Waals surface area contributed by atoms with Crippen molar-refractivity contribution in [1.29, 1.82) is 0 Å². The Bertz CT molecular complexity index is 789. The summed E-state index contributed by atoms with van der Waals surface area (Å²) in [5.74, 6) is 1.44. The normalized spacial score (nSPS) is 14.2. The van der Waals surface area contributed by atoms with Gasteiger partial charge < -0.3 is 14.2 Å². The summed E-state index contributed by atoms with van der Waals surface area (Å²) in [6.45, 7) is 4.22. The fourth-order valence-electron chi connectivity index (χ4n) is 3.08. The first-order chi connectivity index (χ1) is 13.1. The largest absolute Gasteiger partial charge is 0.514 e. The lowest BCUT2D eigenvalue weighted by molar-refractivity contribution is 0.101. The van der Waals surface area contributed by atoms with Crippen molar-refractivity contribution in [3.8, 4) is 23.0 Å². The minimum atomic E-state index is -0.797. The molecule has 0 spiro atoms. The van der Waals surface area contributed by atoms with E-state index in [1.165, 1.54) is 12.8 Å². The molecule has 144 valence electrons. The highest BCUT2D eigenvalue weighted by atomic mass is 35.5. The number of benzene rings is 1. The van der Waals surface area contributed by atoms with E-state index in [4.69, 9.17) is 25.8 Å². The van der Waals surface area contributed by atoms with Gasteiger partial charge in [0.25, 0.3) is 5.88 Å². The molecule has 0 bridgehead atoms. The zero-order valence-electron chi connectivity index (χ0n) is 15.5. The molecule has 27 heavy (non-hydrogen) atoms. The molecule has 6 nitrogen and oxygen atoms in total. The topological polar surface area (TPSA) is 70.5 Å². The van der Waals surface area contributed by atoms with E-state index in [0.717, 1.165) is 18.4 Å². The summed E-state index contributed by atoms with van der Waals surface area (Å²) in [6.07, 6.45) is 3.93. The van der Waals surface area contributed by atoms with Crippen LogP contribution in [-0.4, -0.2) is 29.3 Å². The Morgan fingerprint density at radius 2 is 1.89 bits per heavy atom. The molecule has 3 rings (SSSR count). The zero-order chi connectivity index (χ0) is 19.2. The van der Waals surface area contributed by atoms with Crippen molar-refractivity contribution in [2.24, 2.45) is 5.92 Å². The number of carbonyl (C=O) groups is 1. The highest BCUT2D eigenvalue weighted by Gasteiger charge is 2.22. The molecular weight excluding hydrogens is 368 g/mol. The van der Waals surface area contributed by atoms with E-state index < -0.39 is 6.16 Å². The monoisotopic (exact) mass is 390 g/mol. The molecule has 0 unspecified atom stereocenters. The van der Waals surface area contributed by atoms with Crippen LogP contribution in [0.3, 0.4) is 0 Å². The maximum atomic E-state index is 11.8. The van der Waals surface area contributed by atoms with Crippen molar-refractivity contribution >= 4 is 17.8 Å². The molecule has 2 aromatic rings. The van der Waals surface area contributed by atoms with Gasteiger partial charge in [0.2, 0.25) is 5.75 Å². The number of carbonyl (C=O) groups excluding carboxylic acids is 1. The first-order valence-electron chi connectivity index (χ1n) is 9.18. The fraction of sp³-hybridized carbons (Fsp3) is 0.450. The quantitative estimate of drug-likeness (QED) is 0.630. The molecule has 1 fully saturated rings. The van der Waals surface area contributed by atoms with Gasteiger partial charge in [0, 0.05) is 10.6 Å². The van der Waals surface area contributed by atoms with Gasteiger partial charge in [0.05, 0.1) is 18.9 Å². The summed E-state index contributed by atoms with van der Waals surface area (Å²) < 4.78 is 16.1. The van der Waals surface area contributed by atoms with Gasteiger partial charge >= 0.3 is 6.16 Å². The van der Waals surface area contributed by atoms with Crippen LogP contribution >= 0.6 is 11.6 Å². The Labute approximate surface area is 163 Å². The van der Waals surface area contributed by atoms with Gasteiger partial charge in [-0.25, -0.2) is 9.78 Å². The second-order valence-electron chi connectivity index (χ2n) is 6.52. The number of hydrogen-bond acceptors (Lipinski definition) is 6. The standard InChI is InChI=1S/C20H23ClN2O4/c1-3-25-20(24)27-17-13(2)22-18(15-8-10-16(21)11-9-15)23-19(17)26-12-14-6-4-5-7-14/h8-11,14H,3-7,12H2,1-2H3. The van der Waals surface area contributed by atoms with Gasteiger partial charge in [-0.3, -0.25) is 0 Å². The second-order valence-corrected chi connectivity index (χ2v) is 6.96. The second kappa shape index (κ2) is 9.04. The molecule has 1 aliphatic carbocycles. The molecule has 0 radical (unpaired) electrons. The van der Waals surface area contributed by atoms with E-state index in [1.807, 2.05) is 12.1 Å². The molecule has 1 saturated carbocycles. The molecular formula is C20H23ClN2O4. The maximum Gasteiger partial charge on any atom is 0.514 e. The van der Waals surface area contributed by atoms with Crippen molar-refractivity contribution in [1.82, 2.24) is 9.97 Å². The van der Waals surface area contributed by atoms with Crippen molar-refractivity contribution in [2.45, 2.75) is 39.5 Å². The highest BCUT2D eigenvalue weighted by molar-refractivity contribution is 6.30. The number of nitrogens with zero attached hydrogens (tertiary/aromatic N) is 2. The summed E-state index contributed by atoms with van der Waals surface area (Å²) in [6, 6.07) is 7.22. The summed E-state index contributed by atoms with van der Waals surface area (Å²) in [5.41, 5.74) is 1.31. The molecule has 1 aliphatic rings. The molecule has 0 N–H and O–H groups in total. The third kappa shape index (κ3) is 5.10. The maximum absolute atomic E-state index is 11.8. The van der Waals surface area contributed by atoms with Crippen LogP contribution in [0, 0.1) is 12.8 Å². The minimum absolute atomic E-state index is 0.198. The Hall–Kier alpha value is -2.34. The van der Waals surface area contributed by atoms with E-state index in [2.05, 4.69) is 9.97 Å². The molecule has 1 aromatic carbocycles. The van der Waals surface area contributed by atoms with Crippen LogP contribution in [0.4, 0.5) is 4.79 Å². The third-order valence-corrected chi connectivity index (χ3v) is 4.74. The van der Waals surface area contributed by atoms with Crippen LogP contribution in [0.1, 0.15) is 38.3 Å². The first-order valence-corrected chi connectivity index (χ1v) is 9.56. The average Bonchev–Trinajstić information content (AvgIpc) is 3.16. The summed E-state index contributed by atoms with van der Waals surface area (Å²) in [7, 11) is 0. The van der Waals surface area contributed by atoms with Crippen molar-refractivity contribution in [3.63, 3.8) is 0 Å². The van der Waals surface area contributed by atoms with Crippen LogP contribution < -0.4 is 9.47 Å².